The van der Waals surface area contributed by atoms with Crippen molar-refractivity contribution < 1.29 is 18.0 Å². The van der Waals surface area contributed by atoms with Gasteiger partial charge >= 0.3 is 6.18 Å². The van der Waals surface area contributed by atoms with E-state index >= 15 is 0 Å². The summed E-state index contributed by atoms with van der Waals surface area (Å²) in [4.78, 5) is 11.4. The molecule has 0 bridgehead atoms. The van der Waals surface area contributed by atoms with E-state index in [0.29, 0.717) is 11.3 Å². The molecular weight excluding hydrogens is 363 g/mol. The maximum atomic E-state index is 12.7. The molecule has 1 N–H and O–H groups in total. The van der Waals surface area contributed by atoms with Gasteiger partial charge in [-0.2, -0.15) is 13.2 Å². The predicted molar refractivity (Wildman–Crippen MR) is 106 cm³/mol. The van der Waals surface area contributed by atoms with Crippen LogP contribution in [0.3, 0.4) is 0 Å². The van der Waals surface area contributed by atoms with Crippen molar-refractivity contribution in [2.75, 3.05) is 5.32 Å². The first-order chi connectivity index (χ1) is 13.3. The molecule has 1 amide bonds. The van der Waals surface area contributed by atoms with Crippen molar-refractivity contribution in [2.24, 2.45) is 0 Å². The van der Waals surface area contributed by atoms with E-state index in [1.807, 2.05) is 42.5 Å². The van der Waals surface area contributed by atoms with Gasteiger partial charge in [-0.05, 0) is 40.5 Å². The van der Waals surface area contributed by atoms with Crippen LogP contribution in [-0.2, 0) is 11.0 Å². The fourth-order valence-corrected chi connectivity index (χ4v) is 2.92. The van der Waals surface area contributed by atoms with Gasteiger partial charge in [0, 0.05) is 18.2 Å². The van der Waals surface area contributed by atoms with Crippen molar-refractivity contribution in [3.63, 3.8) is 0 Å². The molecule has 0 heterocycles. The Morgan fingerprint density at radius 3 is 1.93 bits per heavy atom. The van der Waals surface area contributed by atoms with E-state index in [9.17, 15) is 18.0 Å². The van der Waals surface area contributed by atoms with Crippen LogP contribution < -0.4 is 5.32 Å². The minimum atomic E-state index is -4.35. The number of anilines is 1. The van der Waals surface area contributed by atoms with Crippen molar-refractivity contribution in [3.05, 3.63) is 96.1 Å². The van der Waals surface area contributed by atoms with Gasteiger partial charge in [-0.15, -0.1) is 0 Å². The molecule has 28 heavy (non-hydrogen) atoms. The van der Waals surface area contributed by atoms with Gasteiger partial charge in [0.15, 0.2) is 0 Å². The number of hydrogen-bond acceptors (Lipinski definition) is 1. The second-order valence-electron chi connectivity index (χ2n) is 6.36. The van der Waals surface area contributed by atoms with Gasteiger partial charge in [0.2, 0.25) is 5.91 Å². The summed E-state index contributed by atoms with van der Waals surface area (Å²) in [7, 11) is 0. The lowest BCUT2D eigenvalue weighted by molar-refractivity contribution is -0.137. The fraction of sp³-hybridized carbons (Fsp3) is 0.0870. The molecule has 0 atom stereocenters. The third kappa shape index (κ3) is 4.31. The van der Waals surface area contributed by atoms with Crippen LogP contribution in [0.15, 0.2) is 79.4 Å². The van der Waals surface area contributed by atoms with Crippen molar-refractivity contribution in [1.29, 1.82) is 0 Å². The lowest BCUT2D eigenvalue weighted by atomic mass is 9.95. The molecule has 3 rings (SSSR count). The molecule has 0 spiro atoms. The second-order valence-corrected chi connectivity index (χ2v) is 6.36. The number of amides is 1. The number of rotatable bonds is 4. The Bertz CT molecular complexity index is 1000. The number of alkyl halides is 3. The van der Waals surface area contributed by atoms with Gasteiger partial charge < -0.3 is 5.32 Å². The van der Waals surface area contributed by atoms with E-state index in [1.165, 1.54) is 19.1 Å². The lowest BCUT2D eigenvalue weighted by Gasteiger charge is -2.13. The summed E-state index contributed by atoms with van der Waals surface area (Å²) in [5.41, 5.74) is 3.91. The van der Waals surface area contributed by atoms with E-state index in [4.69, 9.17) is 0 Å². The number of carbonyl (C=O) groups is 1. The topological polar surface area (TPSA) is 29.1 Å². The quantitative estimate of drug-likeness (QED) is 0.557. The van der Waals surface area contributed by atoms with Gasteiger partial charge in [0.1, 0.15) is 0 Å². The Balaban J connectivity index is 1.85. The molecule has 3 aromatic rings. The van der Waals surface area contributed by atoms with Crippen LogP contribution in [0.2, 0.25) is 0 Å². The van der Waals surface area contributed by atoms with Crippen molar-refractivity contribution in [1.82, 2.24) is 0 Å². The molecule has 0 aliphatic heterocycles. The average molecular weight is 381 g/mol. The summed E-state index contributed by atoms with van der Waals surface area (Å²) in [5.74, 6) is -0.169. The lowest BCUT2D eigenvalue weighted by Crippen LogP contribution is -2.07. The second kappa shape index (κ2) is 7.72. The highest BCUT2D eigenvalue weighted by molar-refractivity contribution is 5.94. The van der Waals surface area contributed by atoms with Crippen LogP contribution in [0.1, 0.15) is 23.6 Å². The molecule has 0 aliphatic carbocycles. The largest absolute Gasteiger partial charge is 0.416 e. The predicted octanol–water partition coefficient (Wildman–Crippen LogP) is 6.39. The Morgan fingerprint density at radius 1 is 0.857 bits per heavy atom. The van der Waals surface area contributed by atoms with Gasteiger partial charge in [0.05, 0.1) is 5.56 Å². The van der Waals surface area contributed by atoms with Crippen LogP contribution >= 0.6 is 0 Å². The molecule has 3 aromatic carbocycles. The highest BCUT2D eigenvalue weighted by Gasteiger charge is 2.29. The van der Waals surface area contributed by atoms with Gasteiger partial charge in [-0.3, -0.25) is 4.79 Å². The fourth-order valence-electron chi connectivity index (χ4n) is 2.92. The molecule has 0 aliphatic rings. The molecule has 0 radical (unpaired) electrons. The molecule has 0 unspecified atom stereocenters. The van der Waals surface area contributed by atoms with Crippen LogP contribution in [0.4, 0.5) is 18.9 Å². The average Bonchev–Trinajstić information content (AvgIpc) is 2.67. The third-order valence-corrected chi connectivity index (χ3v) is 4.34. The van der Waals surface area contributed by atoms with Crippen LogP contribution in [-0.4, -0.2) is 5.91 Å². The Hall–Kier alpha value is -3.34. The number of benzene rings is 3. The van der Waals surface area contributed by atoms with Crippen LogP contribution in [0, 0.1) is 0 Å². The van der Waals surface area contributed by atoms with E-state index in [2.05, 4.69) is 11.9 Å². The number of hydrogen-bond donors (Lipinski definition) is 1. The Kier molecular flexibility index (Phi) is 5.36. The molecule has 142 valence electrons. The van der Waals surface area contributed by atoms with E-state index in [0.717, 1.165) is 34.4 Å². The van der Waals surface area contributed by atoms with Gasteiger partial charge in [-0.1, -0.05) is 61.2 Å². The molecule has 0 aromatic heterocycles. The molecule has 2 nitrogen and oxygen atoms in total. The maximum Gasteiger partial charge on any atom is 0.416 e. The smallest absolute Gasteiger partial charge is 0.326 e. The van der Waals surface area contributed by atoms with E-state index < -0.39 is 11.7 Å². The van der Waals surface area contributed by atoms with Gasteiger partial charge in [-0.25, -0.2) is 0 Å². The van der Waals surface area contributed by atoms with Crippen LogP contribution in [0.5, 0.6) is 0 Å². The number of para-hydroxylation sites is 1. The zero-order valence-corrected chi connectivity index (χ0v) is 15.2. The first-order valence-corrected chi connectivity index (χ1v) is 8.59. The molecule has 0 saturated carbocycles. The molecule has 0 saturated heterocycles. The zero-order valence-electron chi connectivity index (χ0n) is 15.2. The van der Waals surface area contributed by atoms with Crippen molar-refractivity contribution in [3.8, 4) is 11.1 Å². The third-order valence-electron chi connectivity index (χ3n) is 4.34. The summed E-state index contributed by atoms with van der Waals surface area (Å²) in [6.45, 7) is 5.57. The number of carbonyl (C=O) groups excluding carboxylic acids is 1. The van der Waals surface area contributed by atoms with Crippen LogP contribution in [0.25, 0.3) is 16.7 Å². The number of nitrogens with one attached hydrogen (secondary N) is 1. The molecule has 0 fully saturated rings. The summed E-state index contributed by atoms with van der Waals surface area (Å²) < 4.78 is 38.1. The van der Waals surface area contributed by atoms with Crippen molar-refractivity contribution >= 4 is 17.2 Å². The Labute approximate surface area is 161 Å². The maximum absolute atomic E-state index is 12.7. The van der Waals surface area contributed by atoms with Gasteiger partial charge in [0.25, 0.3) is 0 Å². The standard InChI is InChI=1S/C23H18F3NO/c1-15(21-5-3-4-6-22(21)27-16(2)28)17-7-9-18(10-8-17)19-11-13-20(14-12-19)23(24,25)26/h3-14H,1H2,2H3,(H,27,28). The minimum absolute atomic E-state index is 0.169. The monoisotopic (exact) mass is 381 g/mol. The minimum Gasteiger partial charge on any atom is -0.326 e. The molecule has 5 heteroatoms. The summed E-state index contributed by atoms with van der Waals surface area (Å²) in [6.07, 6.45) is -4.35. The molecular formula is C23H18F3NO. The number of halogens is 3. The highest BCUT2D eigenvalue weighted by Crippen LogP contribution is 2.32. The summed E-state index contributed by atoms with van der Waals surface area (Å²) in [6, 6.07) is 19.8. The summed E-state index contributed by atoms with van der Waals surface area (Å²) in [5, 5.41) is 2.79. The van der Waals surface area contributed by atoms with E-state index in [1.54, 1.807) is 6.07 Å². The normalized spacial score (nSPS) is 11.1. The highest BCUT2D eigenvalue weighted by atomic mass is 19.4. The van der Waals surface area contributed by atoms with Crippen molar-refractivity contribution in [2.45, 2.75) is 13.1 Å². The SMILES string of the molecule is C=C(c1ccc(-c2ccc(C(F)(F)F)cc2)cc1)c1ccccc1NC(C)=O. The first kappa shape index (κ1) is 19.4. The summed E-state index contributed by atoms with van der Waals surface area (Å²) >= 11 is 0. The Morgan fingerprint density at radius 2 is 1.39 bits per heavy atom. The zero-order chi connectivity index (χ0) is 20.3. The van der Waals surface area contributed by atoms with E-state index in [-0.39, 0.29) is 5.91 Å². The first-order valence-electron chi connectivity index (χ1n) is 8.59.